The van der Waals surface area contributed by atoms with Crippen molar-refractivity contribution in [3.05, 3.63) is 40.3 Å². The third-order valence-corrected chi connectivity index (χ3v) is 2.05. The fraction of sp³-hybridized carbons (Fsp3) is 0. The summed E-state index contributed by atoms with van der Waals surface area (Å²) in [5.74, 6) is -0.620. The largest absolute Gasteiger partial charge is 0.369 e. The molecule has 0 aliphatic rings. The van der Waals surface area contributed by atoms with Crippen molar-refractivity contribution in [1.29, 1.82) is 0 Å². The van der Waals surface area contributed by atoms with Crippen LogP contribution in [0, 0.1) is 15.9 Å². The van der Waals surface area contributed by atoms with E-state index in [1.807, 2.05) is 0 Å². The monoisotopic (exact) mass is 222 g/mol. The number of benzene rings is 1. The Labute approximate surface area is 89.1 Å². The molecule has 0 saturated heterocycles. The molecular weight excluding hydrogens is 215 g/mol. The molecule has 0 atom stereocenters. The number of aromatic nitrogens is 2. The van der Waals surface area contributed by atoms with Gasteiger partial charge in [-0.05, 0) is 6.07 Å². The molecular formula is C9H7FN4O2. The maximum Gasteiger partial charge on any atom is 0.281 e. The van der Waals surface area contributed by atoms with Crippen LogP contribution in [0.5, 0.6) is 0 Å². The third kappa shape index (κ3) is 1.58. The SMILES string of the molecule is Nc1ncc(-c2c(F)cccc2[N+](=O)[O-])[nH]1. The van der Waals surface area contributed by atoms with Crippen LogP contribution in [0.15, 0.2) is 24.4 Å². The van der Waals surface area contributed by atoms with Gasteiger partial charge in [0.1, 0.15) is 11.4 Å². The minimum absolute atomic E-state index is 0.0764. The standard InChI is InChI=1S/C9H7FN4O2/c10-5-2-1-3-7(14(15)16)8(5)6-4-12-9(11)13-6/h1-4H,(H3,11,12,13). The number of imidazole rings is 1. The number of halogens is 1. The topological polar surface area (TPSA) is 97.8 Å². The Balaban J connectivity index is 2.67. The maximum atomic E-state index is 13.5. The van der Waals surface area contributed by atoms with Crippen LogP contribution in [0.2, 0.25) is 0 Å². The molecule has 0 aliphatic heterocycles. The molecule has 0 spiro atoms. The molecule has 0 radical (unpaired) electrons. The summed E-state index contributed by atoms with van der Waals surface area (Å²) in [6.07, 6.45) is 1.25. The van der Waals surface area contributed by atoms with Gasteiger partial charge in [-0.15, -0.1) is 0 Å². The highest BCUT2D eigenvalue weighted by Crippen LogP contribution is 2.31. The van der Waals surface area contributed by atoms with Gasteiger partial charge in [0.15, 0.2) is 5.95 Å². The molecule has 1 aromatic heterocycles. The number of nitrogens with two attached hydrogens (primary N) is 1. The van der Waals surface area contributed by atoms with E-state index in [0.29, 0.717) is 0 Å². The van der Waals surface area contributed by atoms with Crippen molar-refractivity contribution in [2.45, 2.75) is 0 Å². The number of rotatable bonds is 2. The van der Waals surface area contributed by atoms with E-state index in [2.05, 4.69) is 9.97 Å². The third-order valence-electron chi connectivity index (χ3n) is 2.05. The van der Waals surface area contributed by atoms with Crippen LogP contribution in [-0.4, -0.2) is 14.9 Å². The number of nitrogen functional groups attached to an aromatic ring is 1. The second kappa shape index (κ2) is 3.61. The van der Waals surface area contributed by atoms with Gasteiger partial charge in [-0.3, -0.25) is 10.1 Å². The van der Waals surface area contributed by atoms with E-state index in [1.54, 1.807) is 0 Å². The van der Waals surface area contributed by atoms with Crippen molar-refractivity contribution < 1.29 is 9.31 Å². The fourth-order valence-corrected chi connectivity index (χ4v) is 1.40. The number of nitro groups is 1. The van der Waals surface area contributed by atoms with E-state index < -0.39 is 10.7 Å². The number of aromatic amines is 1. The van der Waals surface area contributed by atoms with E-state index in [9.17, 15) is 14.5 Å². The molecule has 0 saturated carbocycles. The average Bonchev–Trinajstić information content (AvgIpc) is 2.64. The lowest BCUT2D eigenvalue weighted by atomic mass is 10.1. The molecule has 1 heterocycles. The Morgan fingerprint density at radius 1 is 1.50 bits per heavy atom. The summed E-state index contributed by atoms with van der Waals surface area (Å²) in [4.78, 5) is 16.3. The quantitative estimate of drug-likeness (QED) is 0.596. The number of nitrogens with one attached hydrogen (secondary N) is 1. The summed E-state index contributed by atoms with van der Waals surface area (Å²) < 4.78 is 13.5. The molecule has 0 bridgehead atoms. The fourth-order valence-electron chi connectivity index (χ4n) is 1.40. The summed E-state index contributed by atoms with van der Waals surface area (Å²) in [5, 5.41) is 10.7. The van der Waals surface area contributed by atoms with Gasteiger partial charge in [0.2, 0.25) is 0 Å². The molecule has 2 rings (SSSR count). The van der Waals surface area contributed by atoms with Crippen LogP contribution in [-0.2, 0) is 0 Å². The highest BCUT2D eigenvalue weighted by atomic mass is 19.1. The zero-order valence-electron chi connectivity index (χ0n) is 7.98. The zero-order chi connectivity index (χ0) is 11.7. The van der Waals surface area contributed by atoms with Crippen molar-refractivity contribution in [2.24, 2.45) is 0 Å². The molecule has 7 heteroatoms. The molecule has 0 amide bonds. The Kier molecular flexibility index (Phi) is 2.28. The highest BCUT2D eigenvalue weighted by Gasteiger charge is 2.20. The number of H-pyrrole nitrogens is 1. The van der Waals surface area contributed by atoms with Crippen molar-refractivity contribution in [3.8, 4) is 11.3 Å². The van der Waals surface area contributed by atoms with E-state index >= 15 is 0 Å². The summed E-state index contributed by atoms with van der Waals surface area (Å²) >= 11 is 0. The number of hydrogen-bond acceptors (Lipinski definition) is 4. The molecule has 0 fully saturated rings. The Morgan fingerprint density at radius 2 is 2.25 bits per heavy atom. The summed E-state index contributed by atoms with van der Waals surface area (Å²) in [6, 6.07) is 3.63. The second-order valence-corrected chi connectivity index (χ2v) is 3.07. The predicted octanol–water partition coefficient (Wildman–Crippen LogP) is 1.71. The normalized spacial score (nSPS) is 10.3. The number of nitro benzene ring substituents is 1. The molecule has 0 aliphatic carbocycles. The number of hydrogen-bond donors (Lipinski definition) is 2. The lowest BCUT2D eigenvalue weighted by molar-refractivity contribution is -0.384. The molecule has 82 valence electrons. The van der Waals surface area contributed by atoms with E-state index in [4.69, 9.17) is 5.73 Å². The summed E-state index contributed by atoms with van der Waals surface area (Å²) in [6.45, 7) is 0. The molecule has 16 heavy (non-hydrogen) atoms. The Bertz CT molecular complexity index is 552. The van der Waals surface area contributed by atoms with Gasteiger partial charge in [0.05, 0.1) is 16.8 Å². The smallest absolute Gasteiger partial charge is 0.281 e. The van der Waals surface area contributed by atoms with Crippen molar-refractivity contribution in [1.82, 2.24) is 9.97 Å². The van der Waals surface area contributed by atoms with Gasteiger partial charge in [-0.2, -0.15) is 0 Å². The first-order valence-corrected chi connectivity index (χ1v) is 4.33. The molecule has 3 N–H and O–H groups in total. The van der Waals surface area contributed by atoms with Gasteiger partial charge in [-0.1, -0.05) is 6.07 Å². The van der Waals surface area contributed by atoms with Crippen molar-refractivity contribution in [2.75, 3.05) is 5.73 Å². The van der Waals surface area contributed by atoms with Gasteiger partial charge < -0.3 is 10.7 Å². The lowest BCUT2D eigenvalue weighted by Crippen LogP contribution is -1.95. The minimum atomic E-state index is -0.696. The van der Waals surface area contributed by atoms with Crippen LogP contribution in [0.1, 0.15) is 0 Å². The Hall–Kier alpha value is -2.44. The maximum absolute atomic E-state index is 13.5. The van der Waals surface area contributed by atoms with Gasteiger partial charge in [-0.25, -0.2) is 9.37 Å². The number of nitrogens with zero attached hydrogens (tertiary/aromatic N) is 2. The lowest BCUT2D eigenvalue weighted by Gasteiger charge is -2.01. The van der Waals surface area contributed by atoms with Crippen LogP contribution in [0.3, 0.4) is 0 Å². The van der Waals surface area contributed by atoms with E-state index in [0.717, 1.165) is 6.07 Å². The molecule has 6 nitrogen and oxygen atoms in total. The molecule has 1 aromatic carbocycles. The van der Waals surface area contributed by atoms with Crippen LogP contribution in [0.25, 0.3) is 11.3 Å². The highest BCUT2D eigenvalue weighted by molar-refractivity contribution is 5.71. The van der Waals surface area contributed by atoms with Crippen LogP contribution in [0.4, 0.5) is 16.0 Å². The van der Waals surface area contributed by atoms with Crippen molar-refractivity contribution >= 4 is 11.6 Å². The first kappa shape index (κ1) is 10.1. The van der Waals surface area contributed by atoms with Gasteiger partial charge in [0.25, 0.3) is 5.69 Å². The average molecular weight is 222 g/mol. The van der Waals surface area contributed by atoms with Crippen molar-refractivity contribution in [3.63, 3.8) is 0 Å². The van der Waals surface area contributed by atoms with E-state index in [-0.39, 0.29) is 22.9 Å². The van der Waals surface area contributed by atoms with Crippen LogP contribution >= 0.6 is 0 Å². The summed E-state index contributed by atoms with van der Waals surface area (Å²) in [5.41, 5.74) is 5.04. The van der Waals surface area contributed by atoms with Crippen LogP contribution < -0.4 is 5.73 Å². The molecule has 2 aromatic rings. The zero-order valence-corrected chi connectivity index (χ0v) is 7.98. The first-order valence-electron chi connectivity index (χ1n) is 4.33. The van der Waals surface area contributed by atoms with Gasteiger partial charge >= 0.3 is 0 Å². The predicted molar refractivity (Wildman–Crippen MR) is 55.0 cm³/mol. The summed E-state index contributed by atoms with van der Waals surface area (Å²) in [7, 11) is 0. The van der Waals surface area contributed by atoms with E-state index in [1.165, 1.54) is 18.3 Å². The number of anilines is 1. The Morgan fingerprint density at radius 3 is 2.81 bits per heavy atom. The molecule has 0 unspecified atom stereocenters. The van der Waals surface area contributed by atoms with Gasteiger partial charge in [0, 0.05) is 6.07 Å². The second-order valence-electron chi connectivity index (χ2n) is 3.07. The minimum Gasteiger partial charge on any atom is -0.369 e. The first-order chi connectivity index (χ1) is 7.59.